The van der Waals surface area contributed by atoms with E-state index in [0.29, 0.717) is 6.61 Å². The fourth-order valence-corrected chi connectivity index (χ4v) is 3.25. The second-order valence-corrected chi connectivity index (χ2v) is 7.58. The number of nitrogens with zero attached hydrogens (tertiary/aromatic N) is 2. The van der Waals surface area contributed by atoms with Crippen molar-refractivity contribution >= 4 is 45.3 Å². The van der Waals surface area contributed by atoms with Crippen molar-refractivity contribution in [3.05, 3.63) is 68.2 Å². The number of hydrogen-bond acceptors (Lipinski definition) is 6. The number of thiazole rings is 1. The summed E-state index contributed by atoms with van der Waals surface area (Å²) in [7, 11) is 1.66. The molecule has 0 bridgehead atoms. The van der Waals surface area contributed by atoms with Gasteiger partial charge in [0.05, 0.1) is 19.0 Å². The second kappa shape index (κ2) is 9.00. The van der Waals surface area contributed by atoms with Crippen molar-refractivity contribution in [1.82, 2.24) is 4.98 Å². The first-order valence-electron chi connectivity index (χ1n) is 7.90. The molecule has 0 aliphatic carbocycles. The standard InChI is InChI=1S/C19H18IN3O2S/c1-13-12-26-19(22-13)23-21-10-14-3-8-18(24-2)15(9-14)11-25-17-6-4-16(20)5-7-17/h3-10,12H,11H2,1-2H3,(H,22,23). The summed E-state index contributed by atoms with van der Waals surface area (Å²) in [5.74, 6) is 1.61. The lowest BCUT2D eigenvalue weighted by atomic mass is 10.1. The third-order valence-corrected chi connectivity index (χ3v) is 5.09. The zero-order valence-corrected chi connectivity index (χ0v) is 17.4. The van der Waals surface area contributed by atoms with E-state index in [-0.39, 0.29) is 0 Å². The quantitative estimate of drug-likeness (QED) is 0.292. The highest BCUT2D eigenvalue weighted by Crippen LogP contribution is 2.22. The maximum absolute atomic E-state index is 5.87. The van der Waals surface area contributed by atoms with Crippen molar-refractivity contribution in [2.45, 2.75) is 13.5 Å². The molecule has 1 heterocycles. The molecule has 0 atom stereocenters. The molecule has 0 saturated heterocycles. The van der Waals surface area contributed by atoms with Crippen LogP contribution >= 0.6 is 33.9 Å². The Labute approximate surface area is 170 Å². The van der Waals surface area contributed by atoms with E-state index in [9.17, 15) is 0 Å². The van der Waals surface area contributed by atoms with E-state index in [1.807, 2.05) is 54.8 Å². The number of rotatable bonds is 7. The van der Waals surface area contributed by atoms with Gasteiger partial charge in [0, 0.05) is 14.5 Å². The fraction of sp³-hybridized carbons (Fsp3) is 0.158. The molecule has 0 amide bonds. The Bertz CT molecular complexity index is 894. The van der Waals surface area contributed by atoms with Gasteiger partial charge in [-0.05, 0) is 77.5 Å². The number of aromatic nitrogens is 1. The van der Waals surface area contributed by atoms with E-state index in [1.165, 1.54) is 14.9 Å². The lowest BCUT2D eigenvalue weighted by molar-refractivity contribution is 0.296. The number of aryl methyl sites for hydroxylation is 1. The van der Waals surface area contributed by atoms with Crippen LogP contribution in [-0.2, 0) is 6.61 Å². The minimum Gasteiger partial charge on any atom is -0.496 e. The van der Waals surface area contributed by atoms with Crippen LogP contribution in [0, 0.1) is 10.5 Å². The molecule has 2 aromatic carbocycles. The van der Waals surface area contributed by atoms with Crippen LogP contribution in [0.4, 0.5) is 5.13 Å². The maximum Gasteiger partial charge on any atom is 0.203 e. The minimum atomic E-state index is 0.421. The monoisotopic (exact) mass is 479 g/mol. The lowest BCUT2D eigenvalue weighted by Crippen LogP contribution is -2.00. The first kappa shape index (κ1) is 18.7. The molecule has 0 saturated carbocycles. The molecule has 3 rings (SSSR count). The third kappa shape index (κ3) is 5.18. The van der Waals surface area contributed by atoms with E-state index in [0.717, 1.165) is 33.5 Å². The third-order valence-electron chi connectivity index (χ3n) is 3.51. The number of ether oxygens (including phenoxy) is 2. The van der Waals surface area contributed by atoms with Crippen LogP contribution in [0.3, 0.4) is 0 Å². The molecule has 7 heteroatoms. The zero-order valence-electron chi connectivity index (χ0n) is 14.4. The van der Waals surface area contributed by atoms with Crippen LogP contribution in [0.25, 0.3) is 0 Å². The first-order valence-corrected chi connectivity index (χ1v) is 9.86. The van der Waals surface area contributed by atoms with Crippen molar-refractivity contribution in [3.63, 3.8) is 0 Å². The Hall–Kier alpha value is -2.13. The zero-order chi connectivity index (χ0) is 18.4. The summed E-state index contributed by atoms with van der Waals surface area (Å²) >= 11 is 3.79. The van der Waals surface area contributed by atoms with E-state index in [1.54, 1.807) is 13.3 Å². The highest BCUT2D eigenvalue weighted by atomic mass is 127. The molecule has 0 radical (unpaired) electrons. The molecule has 0 unspecified atom stereocenters. The number of nitrogens with one attached hydrogen (secondary N) is 1. The van der Waals surface area contributed by atoms with Gasteiger partial charge in [-0.1, -0.05) is 0 Å². The van der Waals surface area contributed by atoms with Crippen LogP contribution in [0.1, 0.15) is 16.8 Å². The van der Waals surface area contributed by atoms with Gasteiger partial charge in [0.1, 0.15) is 18.1 Å². The van der Waals surface area contributed by atoms with Gasteiger partial charge in [0.2, 0.25) is 5.13 Å². The van der Waals surface area contributed by atoms with Crippen LogP contribution in [0.5, 0.6) is 11.5 Å². The van der Waals surface area contributed by atoms with Gasteiger partial charge in [0.25, 0.3) is 0 Å². The fourth-order valence-electron chi connectivity index (χ4n) is 2.25. The number of benzene rings is 2. The van der Waals surface area contributed by atoms with Crippen molar-refractivity contribution in [2.75, 3.05) is 12.5 Å². The number of hydrazone groups is 1. The summed E-state index contributed by atoms with van der Waals surface area (Å²) in [5.41, 5.74) is 5.83. The maximum atomic E-state index is 5.87. The van der Waals surface area contributed by atoms with Gasteiger partial charge in [-0.25, -0.2) is 4.98 Å². The van der Waals surface area contributed by atoms with Crippen LogP contribution in [0.15, 0.2) is 52.9 Å². The summed E-state index contributed by atoms with van der Waals surface area (Å²) < 4.78 is 12.5. The van der Waals surface area contributed by atoms with Crippen molar-refractivity contribution in [2.24, 2.45) is 5.10 Å². The summed E-state index contributed by atoms with van der Waals surface area (Å²) in [6.45, 7) is 2.37. The molecule has 134 valence electrons. The van der Waals surface area contributed by atoms with Gasteiger partial charge < -0.3 is 9.47 Å². The molecule has 0 fully saturated rings. The normalized spacial score (nSPS) is 10.9. The molecule has 0 aliphatic heterocycles. The lowest BCUT2D eigenvalue weighted by Gasteiger charge is -2.11. The molecule has 0 aliphatic rings. The number of halogens is 1. The Balaban J connectivity index is 1.68. The predicted molar refractivity (Wildman–Crippen MR) is 115 cm³/mol. The summed E-state index contributed by atoms with van der Waals surface area (Å²) in [6, 6.07) is 13.8. The largest absolute Gasteiger partial charge is 0.496 e. The van der Waals surface area contributed by atoms with Crippen molar-refractivity contribution in [3.8, 4) is 11.5 Å². The predicted octanol–water partition coefficient (Wildman–Crippen LogP) is 5.09. The topological polar surface area (TPSA) is 55.7 Å². The molecule has 0 spiro atoms. The van der Waals surface area contributed by atoms with Crippen LogP contribution in [-0.4, -0.2) is 18.3 Å². The van der Waals surface area contributed by atoms with Gasteiger partial charge >= 0.3 is 0 Å². The van der Waals surface area contributed by atoms with E-state index in [4.69, 9.17) is 9.47 Å². The first-order chi connectivity index (χ1) is 12.6. The Kier molecular flexibility index (Phi) is 6.45. The Morgan fingerprint density at radius 2 is 2.04 bits per heavy atom. The minimum absolute atomic E-state index is 0.421. The molecule has 1 N–H and O–H groups in total. The average Bonchev–Trinajstić information content (AvgIpc) is 3.06. The van der Waals surface area contributed by atoms with Crippen molar-refractivity contribution < 1.29 is 9.47 Å². The molecular formula is C19H18IN3O2S. The average molecular weight is 479 g/mol. The van der Waals surface area contributed by atoms with E-state index >= 15 is 0 Å². The summed E-state index contributed by atoms with van der Waals surface area (Å²) in [4.78, 5) is 4.31. The molecular weight excluding hydrogens is 461 g/mol. The molecule has 3 aromatic rings. The number of hydrogen-bond donors (Lipinski definition) is 1. The van der Waals surface area contributed by atoms with E-state index in [2.05, 4.69) is 38.1 Å². The Morgan fingerprint density at radius 1 is 1.23 bits per heavy atom. The summed E-state index contributed by atoms with van der Waals surface area (Å²) in [6.07, 6.45) is 1.75. The Morgan fingerprint density at radius 3 is 2.73 bits per heavy atom. The number of methoxy groups -OCH3 is 1. The van der Waals surface area contributed by atoms with Gasteiger partial charge in [-0.2, -0.15) is 5.10 Å². The van der Waals surface area contributed by atoms with Gasteiger partial charge in [0.15, 0.2) is 0 Å². The van der Waals surface area contributed by atoms with Crippen LogP contribution in [0.2, 0.25) is 0 Å². The summed E-state index contributed by atoms with van der Waals surface area (Å²) in [5, 5.41) is 6.99. The highest BCUT2D eigenvalue weighted by Gasteiger charge is 2.05. The second-order valence-electron chi connectivity index (χ2n) is 5.48. The SMILES string of the molecule is COc1ccc(C=NNc2nc(C)cs2)cc1COc1ccc(I)cc1. The van der Waals surface area contributed by atoms with Crippen LogP contribution < -0.4 is 14.9 Å². The van der Waals surface area contributed by atoms with Gasteiger partial charge in [-0.15, -0.1) is 11.3 Å². The van der Waals surface area contributed by atoms with Gasteiger partial charge in [-0.3, -0.25) is 5.43 Å². The smallest absolute Gasteiger partial charge is 0.203 e. The number of anilines is 1. The molecule has 5 nitrogen and oxygen atoms in total. The molecule has 26 heavy (non-hydrogen) atoms. The van der Waals surface area contributed by atoms with Crippen molar-refractivity contribution in [1.29, 1.82) is 0 Å². The highest BCUT2D eigenvalue weighted by molar-refractivity contribution is 14.1. The molecule has 1 aromatic heterocycles. The van der Waals surface area contributed by atoms with E-state index < -0.39 is 0 Å².